The van der Waals surface area contributed by atoms with E-state index < -0.39 is 12.0 Å². The predicted molar refractivity (Wildman–Crippen MR) is 67.5 cm³/mol. The summed E-state index contributed by atoms with van der Waals surface area (Å²) in [6.45, 7) is 2.10. The van der Waals surface area contributed by atoms with Crippen LogP contribution in [0.5, 0.6) is 0 Å². The number of benzene rings is 1. The molecule has 1 heterocycles. The number of aliphatic carboxylic acids is 1. The third-order valence-electron chi connectivity index (χ3n) is 2.64. The Kier molecular flexibility index (Phi) is 3.74. The monoisotopic (exact) mass is 245 g/mol. The van der Waals surface area contributed by atoms with E-state index in [1.807, 2.05) is 36.5 Å². The maximum atomic E-state index is 10.7. The summed E-state index contributed by atoms with van der Waals surface area (Å²) in [6, 6.07) is 9.20. The smallest absolute Gasteiger partial charge is 0.320 e. The number of carboxylic acids is 1. The SMILES string of the molecule is C[C@H](NCc1cnn(-c2ccccc2)c1)C(=O)O. The normalized spacial score (nSPS) is 12.3. The minimum atomic E-state index is -0.856. The van der Waals surface area contributed by atoms with Crippen molar-refractivity contribution in [2.75, 3.05) is 0 Å². The molecule has 0 bridgehead atoms. The lowest BCUT2D eigenvalue weighted by Crippen LogP contribution is -2.32. The van der Waals surface area contributed by atoms with Crippen LogP contribution in [0.15, 0.2) is 42.7 Å². The molecule has 0 unspecified atom stereocenters. The molecule has 0 saturated heterocycles. The van der Waals surface area contributed by atoms with Gasteiger partial charge in [-0.1, -0.05) is 18.2 Å². The zero-order valence-electron chi connectivity index (χ0n) is 10.1. The highest BCUT2D eigenvalue weighted by Crippen LogP contribution is 2.07. The molecule has 1 aromatic carbocycles. The van der Waals surface area contributed by atoms with Crippen LogP contribution in [0.25, 0.3) is 5.69 Å². The highest BCUT2D eigenvalue weighted by molar-refractivity contribution is 5.72. The van der Waals surface area contributed by atoms with E-state index in [-0.39, 0.29) is 0 Å². The summed E-state index contributed by atoms with van der Waals surface area (Å²) in [5, 5.41) is 15.9. The molecule has 0 fully saturated rings. The molecule has 0 aliphatic carbocycles. The van der Waals surface area contributed by atoms with E-state index in [0.29, 0.717) is 6.54 Å². The minimum Gasteiger partial charge on any atom is -0.480 e. The number of nitrogens with zero attached hydrogens (tertiary/aromatic N) is 2. The maximum Gasteiger partial charge on any atom is 0.320 e. The molecule has 1 atom stereocenters. The van der Waals surface area contributed by atoms with Crippen LogP contribution in [0.4, 0.5) is 0 Å². The van der Waals surface area contributed by atoms with Crippen LogP contribution in [-0.4, -0.2) is 26.9 Å². The molecule has 0 radical (unpaired) electrons. The Morgan fingerprint density at radius 2 is 2.17 bits per heavy atom. The Labute approximate surface area is 105 Å². The summed E-state index contributed by atoms with van der Waals surface area (Å²) in [4.78, 5) is 10.7. The Bertz CT molecular complexity index is 522. The van der Waals surface area contributed by atoms with E-state index in [2.05, 4.69) is 10.4 Å². The van der Waals surface area contributed by atoms with Crippen LogP contribution in [-0.2, 0) is 11.3 Å². The number of hydrogen-bond donors (Lipinski definition) is 2. The first-order valence-electron chi connectivity index (χ1n) is 5.72. The van der Waals surface area contributed by atoms with Crippen LogP contribution in [0.1, 0.15) is 12.5 Å². The fraction of sp³-hybridized carbons (Fsp3) is 0.231. The van der Waals surface area contributed by atoms with Crippen LogP contribution < -0.4 is 5.32 Å². The highest BCUT2D eigenvalue weighted by Gasteiger charge is 2.09. The number of aromatic nitrogens is 2. The second-order valence-electron chi connectivity index (χ2n) is 4.07. The van der Waals surface area contributed by atoms with E-state index in [9.17, 15) is 4.79 Å². The van der Waals surface area contributed by atoms with Gasteiger partial charge < -0.3 is 10.4 Å². The first-order valence-corrected chi connectivity index (χ1v) is 5.72. The molecule has 2 rings (SSSR count). The minimum absolute atomic E-state index is 0.486. The van der Waals surface area contributed by atoms with Crippen molar-refractivity contribution in [3.8, 4) is 5.69 Å². The summed E-state index contributed by atoms with van der Waals surface area (Å²) >= 11 is 0. The molecule has 1 aromatic heterocycles. The van der Waals surface area contributed by atoms with Gasteiger partial charge in [-0.25, -0.2) is 4.68 Å². The number of para-hydroxylation sites is 1. The van der Waals surface area contributed by atoms with E-state index >= 15 is 0 Å². The van der Waals surface area contributed by atoms with Gasteiger partial charge in [-0.3, -0.25) is 4.79 Å². The van der Waals surface area contributed by atoms with Crippen LogP contribution in [0, 0.1) is 0 Å². The lowest BCUT2D eigenvalue weighted by atomic mass is 10.3. The van der Waals surface area contributed by atoms with Gasteiger partial charge in [0.15, 0.2) is 0 Å². The van der Waals surface area contributed by atoms with Gasteiger partial charge in [-0.15, -0.1) is 0 Å². The van der Waals surface area contributed by atoms with Crippen molar-refractivity contribution in [1.29, 1.82) is 0 Å². The van der Waals surface area contributed by atoms with E-state index in [1.54, 1.807) is 17.8 Å². The van der Waals surface area contributed by atoms with Gasteiger partial charge in [0.2, 0.25) is 0 Å². The molecule has 5 heteroatoms. The summed E-state index contributed by atoms with van der Waals surface area (Å²) in [6.07, 6.45) is 3.62. The fourth-order valence-corrected chi connectivity index (χ4v) is 1.53. The average Bonchev–Trinajstić information content (AvgIpc) is 2.85. The van der Waals surface area contributed by atoms with E-state index in [1.165, 1.54) is 0 Å². The van der Waals surface area contributed by atoms with Crippen LogP contribution >= 0.6 is 0 Å². The lowest BCUT2D eigenvalue weighted by Gasteiger charge is -2.06. The first-order chi connectivity index (χ1) is 8.66. The van der Waals surface area contributed by atoms with Crippen LogP contribution in [0.3, 0.4) is 0 Å². The molecule has 18 heavy (non-hydrogen) atoms. The van der Waals surface area contributed by atoms with Crippen molar-refractivity contribution < 1.29 is 9.90 Å². The topological polar surface area (TPSA) is 67.2 Å². The Morgan fingerprint density at radius 1 is 1.44 bits per heavy atom. The second-order valence-corrected chi connectivity index (χ2v) is 4.07. The summed E-state index contributed by atoms with van der Waals surface area (Å²) in [7, 11) is 0. The summed E-state index contributed by atoms with van der Waals surface area (Å²) < 4.78 is 1.77. The predicted octanol–water partition coefficient (Wildman–Crippen LogP) is 1.44. The number of hydrogen-bond acceptors (Lipinski definition) is 3. The zero-order valence-corrected chi connectivity index (χ0v) is 10.1. The second kappa shape index (κ2) is 5.46. The van der Waals surface area contributed by atoms with Gasteiger partial charge in [0, 0.05) is 18.3 Å². The van der Waals surface area contributed by atoms with E-state index in [0.717, 1.165) is 11.3 Å². The van der Waals surface area contributed by atoms with Crippen molar-refractivity contribution in [1.82, 2.24) is 15.1 Å². The summed E-state index contributed by atoms with van der Waals surface area (Å²) in [5.74, 6) is -0.856. The third kappa shape index (κ3) is 2.95. The van der Waals surface area contributed by atoms with Crippen molar-refractivity contribution in [3.05, 3.63) is 48.3 Å². The standard InChI is InChI=1S/C13H15N3O2/c1-10(13(17)18)14-7-11-8-15-16(9-11)12-5-3-2-4-6-12/h2-6,8-10,14H,7H2,1H3,(H,17,18)/t10-/m0/s1. The number of carbonyl (C=O) groups is 1. The highest BCUT2D eigenvalue weighted by atomic mass is 16.4. The Balaban J connectivity index is 2.01. The molecule has 5 nitrogen and oxygen atoms in total. The van der Waals surface area contributed by atoms with Crippen molar-refractivity contribution in [3.63, 3.8) is 0 Å². The molecule has 0 spiro atoms. The van der Waals surface area contributed by atoms with Gasteiger partial charge in [0.1, 0.15) is 6.04 Å². The zero-order chi connectivity index (χ0) is 13.0. The Hall–Kier alpha value is -2.14. The largest absolute Gasteiger partial charge is 0.480 e. The van der Waals surface area contributed by atoms with Gasteiger partial charge in [0.05, 0.1) is 11.9 Å². The molecule has 0 aliphatic heterocycles. The number of rotatable bonds is 5. The molecular formula is C13H15N3O2. The van der Waals surface area contributed by atoms with Gasteiger partial charge in [-0.05, 0) is 19.1 Å². The lowest BCUT2D eigenvalue weighted by molar-refractivity contribution is -0.139. The molecule has 0 amide bonds. The van der Waals surface area contributed by atoms with Crippen LogP contribution in [0.2, 0.25) is 0 Å². The average molecular weight is 245 g/mol. The van der Waals surface area contributed by atoms with Gasteiger partial charge in [-0.2, -0.15) is 5.10 Å². The maximum absolute atomic E-state index is 10.7. The van der Waals surface area contributed by atoms with Gasteiger partial charge in [0.25, 0.3) is 0 Å². The third-order valence-corrected chi connectivity index (χ3v) is 2.64. The first kappa shape index (κ1) is 12.3. The number of carboxylic acid groups (broad SMARTS) is 1. The summed E-state index contributed by atoms with van der Waals surface area (Å²) in [5.41, 5.74) is 1.93. The van der Waals surface area contributed by atoms with Crippen molar-refractivity contribution >= 4 is 5.97 Å². The molecule has 2 N–H and O–H groups in total. The quantitative estimate of drug-likeness (QED) is 0.836. The van der Waals surface area contributed by atoms with Crippen molar-refractivity contribution in [2.45, 2.75) is 19.5 Å². The molecule has 0 aliphatic rings. The van der Waals surface area contributed by atoms with Gasteiger partial charge >= 0.3 is 5.97 Å². The van der Waals surface area contributed by atoms with E-state index in [4.69, 9.17) is 5.11 Å². The molecule has 0 saturated carbocycles. The fourth-order valence-electron chi connectivity index (χ4n) is 1.53. The molecule has 2 aromatic rings. The molecular weight excluding hydrogens is 230 g/mol. The number of nitrogens with one attached hydrogen (secondary N) is 1. The molecule has 94 valence electrons. The van der Waals surface area contributed by atoms with Crippen molar-refractivity contribution in [2.24, 2.45) is 0 Å². The Morgan fingerprint density at radius 3 is 2.83 bits per heavy atom.